The summed E-state index contributed by atoms with van der Waals surface area (Å²) >= 11 is 0. The molecule has 0 aliphatic rings. The molecule has 84 valence electrons. The van der Waals surface area contributed by atoms with Crippen molar-refractivity contribution < 1.29 is 13.5 Å². The molecule has 1 N–H and O–H groups in total. The van der Waals surface area contributed by atoms with Crippen molar-refractivity contribution in [2.24, 2.45) is 0 Å². The first-order chi connectivity index (χ1) is 7.24. The van der Waals surface area contributed by atoms with Gasteiger partial charge in [-0.25, -0.2) is 8.78 Å². The molecule has 1 aromatic carbocycles. The molecule has 0 saturated heterocycles. The van der Waals surface area contributed by atoms with Crippen LogP contribution in [0, 0.1) is 11.6 Å². The lowest BCUT2D eigenvalue weighted by molar-refractivity contribution is 0.199. The van der Waals surface area contributed by atoms with Crippen molar-refractivity contribution in [1.29, 1.82) is 0 Å². The third-order valence-corrected chi connectivity index (χ3v) is 2.06. The van der Waals surface area contributed by atoms with Crippen molar-refractivity contribution in [1.82, 2.24) is 5.32 Å². The predicted octanol–water partition coefficient (Wildman–Crippen LogP) is 1.74. The number of ether oxygens (including phenoxy) is 1. The summed E-state index contributed by atoms with van der Waals surface area (Å²) in [6.07, 6.45) is 0.681. The van der Waals surface area contributed by atoms with E-state index in [4.69, 9.17) is 4.74 Å². The number of hydrogen-bond acceptors (Lipinski definition) is 2. The van der Waals surface area contributed by atoms with E-state index in [1.807, 2.05) is 0 Å². The third-order valence-electron chi connectivity index (χ3n) is 2.06. The highest BCUT2D eigenvalue weighted by Gasteiger charge is 2.01. The number of nitrogens with one attached hydrogen (secondary N) is 1. The van der Waals surface area contributed by atoms with Crippen LogP contribution in [0.25, 0.3) is 0 Å². The summed E-state index contributed by atoms with van der Waals surface area (Å²) in [5.74, 6) is -1.59. The quantitative estimate of drug-likeness (QED) is 0.730. The van der Waals surface area contributed by atoms with E-state index in [1.165, 1.54) is 6.07 Å². The summed E-state index contributed by atoms with van der Waals surface area (Å²) in [6, 6.07) is 3.98. The molecule has 0 bridgehead atoms. The molecule has 15 heavy (non-hydrogen) atoms. The largest absolute Gasteiger partial charge is 0.383 e. The van der Waals surface area contributed by atoms with Crippen LogP contribution in [0.3, 0.4) is 0 Å². The minimum Gasteiger partial charge on any atom is -0.383 e. The van der Waals surface area contributed by atoms with E-state index in [1.54, 1.807) is 13.2 Å². The van der Waals surface area contributed by atoms with Gasteiger partial charge >= 0.3 is 0 Å². The zero-order chi connectivity index (χ0) is 11.1. The molecule has 0 aliphatic heterocycles. The Labute approximate surface area is 88.3 Å². The van der Waals surface area contributed by atoms with Crippen LogP contribution in [0.4, 0.5) is 8.78 Å². The van der Waals surface area contributed by atoms with Gasteiger partial charge in [0.25, 0.3) is 0 Å². The monoisotopic (exact) mass is 215 g/mol. The highest BCUT2D eigenvalue weighted by molar-refractivity contribution is 5.17. The molecule has 0 amide bonds. The molecule has 0 heterocycles. The first-order valence-corrected chi connectivity index (χ1v) is 4.87. The molecular formula is C11H15F2NO. The highest BCUT2D eigenvalue weighted by Crippen LogP contribution is 2.08. The topological polar surface area (TPSA) is 21.3 Å². The zero-order valence-corrected chi connectivity index (χ0v) is 8.72. The van der Waals surface area contributed by atoms with Gasteiger partial charge in [0.2, 0.25) is 0 Å². The second kappa shape index (κ2) is 6.48. The Hall–Kier alpha value is -1.00. The lowest BCUT2D eigenvalue weighted by Crippen LogP contribution is -2.21. The molecule has 0 radical (unpaired) electrons. The van der Waals surface area contributed by atoms with Crippen LogP contribution in [0.1, 0.15) is 5.56 Å². The lowest BCUT2D eigenvalue weighted by Gasteiger charge is -2.04. The third kappa shape index (κ3) is 4.36. The molecule has 0 atom stereocenters. The van der Waals surface area contributed by atoms with Crippen LogP contribution in [-0.4, -0.2) is 26.8 Å². The number of benzene rings is 1. The lowest BCUT2D eigenvalue weighted by atomic mass is 10.1. The van der Waals surface area contributed by atoms with Crippen molar-refractivity contribution in [3.05, 3.63) is 35.4 Å². The number of methoxy groups -OCH3 is 1. The maximum absolute atomic E-state index is 12.8. The molecule has 1 rings (SSSR count). The summed E-state index contributed by atoms with van der Waals surface area (Å²) < 4.78 is 30.2. The molecule has 0 saturated carbocycles. The molecule has 0 aromatic heterocycles. The van der Waals surface area contributed by atoms with E-state index < -0.39 is 11.6 Å². The molecule has 4 heteroatoms. The second-order valence-corrected chi connectivity index (χ2v) is 3.24. The second-order valence-electron chi connectivity index (χ2n) is 3.24. The van der Waals surface area contributed by atoms with E-state index in [-0.39, 0.29) is 0 Å². The van der Waals surface area contributed by atoms with E-state index in [9.17, 15) is 8.78 Å². The smallest absolute Gasteiger partial charge is 0.159 e. The van der Waals surface area contributed by atoms with Crippen LogP contribution in [0.2, 0.25) is 0 Å². The number of rotatable bonds is 6. The molecule has 0 aliphatic carbocycles. The molecule has 1 aromatic rings. The Morgan fingerprint density at radius 2 is 2.00 bits per heavy atom. The predicted molar refractivity (Wildman–Crippen MR) is 54.8 cm³/mol. The SMILES string of the molecule is COCCNCCc1ccc(F)c(F)c1. The number of halogens is 2. The van der Waals surface area contributed by atoms with Crippen LogP contribution >= 0.6 is 0 Å². The maximum Gasteiger partial charge on any atom is 0.159 e. The Bertz CT molecular complexity index is 305. The van der Waals surface area contributed by atoms with Gasteiger partial charge in [-0.1, -0.05) is 6.07 Å². The zero-order valence-electron chi connectivity index (χ0n) is 8.72. The molecular weight excluding hydrogens is 200 g/mol. The van der Waals surface area contributed by atoms with E-state index in [0.29, 0.717) is 13.0 Å². The average molecular weight is 215 g/mol. The molecule has 0 fully saturated rings. The van der Waals surface area contributed by atoms with Crippen LogP contribution in [0.5, 0.6) is 0 Å². The normalized spacial score (nSPS) is 10.6. The van der Waals surface area contributed by atoms with E-state index in [0.717, 1.165) is 24.7 Å². The Balaban J connectivity index is 2.28. The van der Waals surface area contributed by atoms with Gasteiger partial charge in [-0.05, 0) is 30.7 Å². The average Bonchev–Trinajstić information content (AvgIpc) is 2.23. The summed E-state index contributed by atoms with van der Waals surface area (Å²) in [5.41, 5.74) is 0.791. The minimum atomic E-state index is -0.800. The molecule has 2 nitrogen and oxygen atoms in total. The van der Waals surface area contributed by atoms with Gasteiger partial charge in [0.15, 0.2) is 11.6 Å². The Morgan fingerprint density at radius 1 is 1.20 bits per heavy atom. The van der Waals surface area contributed by atoms with Crippen molar-refractivity contribution in [3.8, 4) is 0 Å². The molecule has 0 unspecified atom stereocenters. The first-order valence-electron chi connectivity index (χ1n) is 4.87. The van der Waals surface area contributed by atoms with Crippen molar-refractivity contribution in [2.75, 3.05) is 26.8 Å². The van der Waals surface area contributed by atoms with Crippen molar-refractivity contribution in [2.45, 2.75) is 6.42 Å². The van der Waals surface area contributed by atoms with Gasteiger partial charge in [0.05, 0.1) is 6.61 Å². The Kier molecular flexibility index (Phi) is 5.21. The van der Waals surface area contributed by atoms with Gasteiger partial charge < -0.3 is 10.1 Å². The summed E-state index contributed by atoms with van der Waals surface area (Å²) in [4.78, 5) is 0. The van der Waals surface area contributed by atoms with Gasteiger partial charge in [-0.2, -0.15) is 0 Å². The molecule has 0 spiro atoms. The van der Waals surface area contributed by atoms with Crippen LogP contribution in [0.15, 0.2) is 18.2 Å². The van der Waals surface area contributed by atoms with Gasteiger partial charge in [-0.15, -0.1) is 0 Å². The van der Waals surface area contributed by atoms with E-state index >= 15 is 0 Å². The van der Waals surface area contributed by atoms with Gasteiger partial charge in [0, 0.05) is 13.7 Å². The first kappa shape index (κ1) is 12.1. The maximum atomic E-state index is 12.8. The fourth-order valence-electron chi connectivity index (χ4n) is 1.23. The number of hydrogen-bond donors (Lipinski definition) is 1. The van der Waals surface area contributed by atoms with E-state index in [2.05, 4.69) is 5.32 Å². The van der Waals surface area contributed by atoms with Crippen molar-refractivity contribution >= 4 is 0 Å². The standard InChI is InChI=1S/C11H15F2NO/c1-15-7-6-14-5-4-9-2-3-10(12)11(13)8-9/h2-3,8,14H,4-7H2,1H3. The summed E-state index contributed by atoms with van der Waals surface area (Å²) in [5, 5.41) is 3.13. The summed E-state index contributed by atoms with van der Waals surface area (Å²) in [6.45, 7) is 2.15. The fraction of sp³-hybridized carbons (Fsp3) is 0.455. The summed E-state index contributed by atoms with van der Waals surface area (Å²) in [7, 11) is 1.64. The minimum absolute atomic E-state index is 0.651. The fourth-order valence-corrected chi connectivity index (χ4v) is 1.23. The Morgan fingerprint density at radius 3 is 2.67 bits per heavy atom. The van der Waals surface area contributed by atoms with Gasteiger partial charge in [0.1, 0.15) is 0 Å². The van der Waals surface area contributed by atoms with Crippen LogP contribution in [-0.2, 0) is 11.2 Å². The van der Waals surface area contributed by atoms with Crippen LogP contribution < -0.4 is 5.32 Å². The highest BCUT2D eigenvalue weighted by atomic mass is 19.2. The van der Waals surface area contributed by atoms with Crippen molar-refractivity contribution in [3.63, 3.8) is 0 Å². The van der Waals surface area contributed by atoms with Gasteiger partial charge in [-0.3, -0.25) is 0 Å².